The lowest BCUT2D eigenvalue weighted by atomic mass is 10.3. The summed E-state index contributed by atoms with van der Waals surface area (Å²) in [6, 6.07) is 3.21. The second-order valence-corrected chi connectivity index (χ2v) is 4.23. The minimum absolute atomic E-state index is 0.307. The number of nitrogens with two attached hydrogens (primary N) is 1. The lowest BCUT2D eigenvalue weighted by Gasteiger charge is -2.12. The molecule has 0 spiro atoms. The molecule has 0 aliphatic heterocycles. The van der Waals surface area contributed by atoms with Crippen molar-refractivity contribution in [3.8, 4) is 0 Å². The molecule has 21 heavy (non-hydrogen) atoms. The first-order valence-corrected chi connectivity index (χ1v) is 6.53. The maximum atomic E-state index is 11.9. The Bertz CT molecular complexity index is 603. The number of amides is 1. The van der Waals surface area contributed by atoms with Crippen LogP contribution in [0.3, 0.4) is 0 Å². The van der Waals surface area contributed by atoms with Crippen molar-refractivity contribution >= 4 is 23.2 Å². The van der Waals surface area contributed by atoms with Gasteiger partial charge in [0.2, 0.25) is 0 Å². The largest absolute Gasteiger partial charge is 0.393 e. The summed E-state index contributed by atoms with van der Waals surface area (Å²) in [5, 5.41) is 3.09. The van der Waals surface area contributed by atoms with Crippen molar-refractivity contribution in [3.63, 3.8) is 0 Å². The van der Waals surface area contributed by atoms with Crippen LogP contribution in [0.2, 0.25) is 0 Å². The highest BCUT2D eigenvalue weighted by Crippen LogP contribution is 2.21. The van der Waals surface area contributed by atoms with E-state index in [1.54, 1.807) is 24.5 Å². The van der Waals surface area contributed by atoms with Crippen molar-refractivity contribution < 1.29 is 4.79 Å². The van der Waals surface area contributed by atoms with Gasteiger partial charge in [0.05, 0.1) is 0 Å². The van der Waals surface area contributed by atoms with Crippen molar-refractivity contribution in [3.05, 3.63) is 36.4 Å². The minimum Gasteiger partial charge on any atom is -0.393 e. The average Bonchev–Trinajstić information content (AvgIpc) is 2.53. The second kappa shape index (κ2) is 7.04. The predicted molar refractivity (Wildman–Crippen MR) is 80.6 cm³/mol. The number of hydrazine groups is 1. The molecule has 0 aliphatic rings. The smallest absolute Gasteiger partial charge is 0.269 e. The zero-order chi connectivity index (χ0) is 15.1. The zero-order valence-electron chi connectivity index (χ0n) is 11.6. The Morgan fingerprint density at radius 3 is 2.67 bits per heavy atom. The molecule has 0 saturated carbocycles. The summed E-state index contributed by atoms with van der Waals surface area (Å²) in [5.41, 5.74) is 12.0. The molecule has 0 radical (unpaired) electrons. The van der Waals surface area contributed by atoms with Crippen LogP contribution in [0.25, 0.3) is 0 Å². The number of carbonyl (C=O) groups is 1. The molecule has 5 N–H and O–H groups in total. The van der Waals surface area contributed by atoms with Crippen molar-refractivity contribution in [2.45, 2.75) is 13.3 Å². The van der Waals surface area contributed by atoms with Crippen LogP contribution in [-0.4, -0.2) is 27.4 Å². The molecular weight excluding hydrogens is 270 g/mol. The van der Waals surface area contributed by atoms with Gasteiger partial charge in [-0.2, -0.15) is 0 Å². The number of carbonyl (C=O) groups excluding carboxylic acids is 1. The monoisotopic (exact) mass is 287 g/mol. The van der Waals surface area contributed by atoms with Crippen molar-refractivity contribution in [2.24, 2.45) is 0 Å². The van der Waals surface area contributed by atoms with Gasteiger partial charge in [-0.25, -0.2) is 9.97 Å². The topological polar surface area (TPSA) is 118 Å². The van der Waals surface area contributed by atoms with E-state index in [-0.39, 0.29) is 5.91 Å². The molecule has 0 aromatic carbocycles. The van der Waals surface area contributed by atoms with Gasteiger partial charge in [-0.3, -0.25) is 20.6 Å². The van der Waals surface area contributed by atoms with E-state index in [1.165, 1.54) is 6.33 Å². The van der Waals surface area contributed by atoms with Gasteiger partial charge in [0.15, 0.2) is 11.6 Å². The highest BCUT2D eigenvalue weighted by atomic mass is 16.2. The van der Waals surface area contributed by atoms with Gasteiger partial charge in [0.1, 0.15) is 12.0 Å². The molecule has 8 heteroatoms. The van der Waals surface area contributed by atoms with E-state index in [1.807, 2.05) is 6.92 Å². The Kier molecular flexibility index (Phi) is 4.86. The number of nitrogens with zero attached hydrogens (tertiary/aromatic N) is 3. The van der Waals surface area contributed by atoms with Gasteiger partial charge in [0.25, 0.3) is 5.91 Å². The van der Waals surface area contributed by atoms with Crippen LogP contribution in [0, 0.1) is 0 Å². The number of rotatable bonds is 6. The SMILES string of the molecule is CCCNc1ncnc(NNC(=O)c2ccncc2)c1N. The maximum Gasteiger partial charge on any atom is 0.269 e. The van der Waals surface area contributed by atoms with Gasteiger partial charge in [0, 0.05) is 24.5 Å². The van der Waals surface area contributed by atoms with Gasteiger partial charge in [-0.15, -0.1) is 0 Å². The van der Waals surface area contributed by atoms with Gasteiger partial charge >= 0.3 is 0 Å². The van der Waals surface area contributed by atoms with Crippen molar-refractivity contribution in [2.75, 3.05) is 23.0 Å². The van der Waals surface area contributed by atoms with Crippen LogP contribution in [-0.2, 0) is 0 Å². The van der Waals surface area contributed by atoms with Crippen LogP contribution in [0.5, 0.6) is 0 Å². The second-order valence-electron chi connectivity index (χ2n) is 4.23. The Balaban J connectivity index is 2.01. The fraction of sp³-hybridized carbons (Fsp3) is 0.231. The van der Waals surface area contributed by atoms with E-state index in [2.05, 4.69) is 31.1 Å². The summed E-state index contributed by atoms with van der Waals surface area (Å²) in [5.74, 6) is 0.567. The van der Waals surface area contributed by atoms with E-state index in [0.717, 1.165) is 13.0 Å². The molecule has 0 bridgehead atoms. The summed E-state index contributed by atoms with van der Waals surface area (Å²) < 4.78 is 0. The number of pyridine rings is 1. The molecule has 8 nitrogen and oxygen atoms in total. The van der Waals surface area contributed by atoms with E-state index < -0.39 is 0 Å². The first-order valence-electron chi connectivity index (χ1n) is 6.53. The summed E-state index contributed by atoms with van der Waals surface area (Å²) in [7, 11) is 0. The number of hydrogen-bond donors (Lipinski definition) is 4. The molecule has 2 aromatic rings. The Morgan fingerprint density at radius 2 is 1.95 bits per heavy atom. The molecule has 0 atom stereocenters. The van der Waals surface area contributed by atoms with Gasteiger partial charge < -0.3 is 11.1 Å². The first-order chi connectivity index (χ1) is 10.2. The van der Waals surface area contributed by atoms with E-state index in [4.69, 9.17) is 5.73 Å². The molecular formula is C13H17N7O. The van der Waals surface area contributed by atoms with Crippen LogP contribution in [0.15, 0.2) is 30.9 Å². The maximum absolute atomic E-state index is 11.9. The normalized spacial score (nSPS) is 9.95. The molecule has 0 aliphatic carbocycles. The molecule has 2 rings (SSSR count). The quantitative estimate of drug-likeness (QED) is 0.586. The lowest BCUT2D eigenvalue weighted by molar-refractivity contribution is 0.0962. The molecule has 0 unspecified atom stereocenters. The summed E-state index contributed by atoms with van der Waals surface area (Å²) >= 11 is 0. The summed E-state index contributed by atoms with van der Waals surface area (Å²) in [6.07, 6.45) is 5.40. The third kappa shape index (κ3) is 3.78. The highest BCUT2D eigenvalue weighted by molar-refractivity contribution is 5.95. The van der Waals surface area contributed by atoms with Gasteiger partial charge in [-0.1, -0.05) is 6.92 Å². The predicted octanol–water partition coefficient (Wildman–Crippen LogP) is 1.03. The fourth-order valence-corrected chi connectivity index (χ4v) is 1.57. The number of nitrogen functional groups attached to an aromatic ring is 1. The van der Waals surface area contributed by atoms with Gasteiger partial charge in [-0.05, 0) is 18.6 Å². The third-order valence-electron chi connectivity index (χ3n) is 2.66. The first kappa shape index (κ1) is 14.5. The zero-order valence-corrected chi connectivity index (χ0v) is 11.6. The number of aromatic nitrogens is 3. The number of hydrogen-bond acceptors (Lipinski definition) is 7. The number of nitrogens with one attached hydrogen (secondary N) is 3. The van der Waals surface area contributed by atoms with E-state index >= 15 is 0 Å². The Morgan fingerprint density at radius 1 is 1.24 bits per heavy atom. The van der Waals surface area contributed by atoms with E-state index in [0.29, 0.717) is 22.9 Å². The average molecular weight is 287 g/mol. The standard InChI is InChI=1S/C13H17N7O/c1-2-5-16-11-10(14)12(18-8-17-11)19-20-13(21)9-3-6-15-7-4-9/h3-4,6-8H,2,5,14H2,1H3,(H,20,21)(H2,16,17,18,19). The third-order valence-corrected chi connectivity index (χ3v) is 2.66. The number of anilines is 3. The molecule has 0 saturated heterocycles. The van der Waals surface area contributed by atoms with E-state index in [9.17, 15) is 4.79 Å². The van der Waals surface area contributed by atoms with Crippen LogP contribution >= 0.6 is 0 Å². The van der Waals surface area contributed by atoms with Crippen molar-refractivity contribution in [1.82, 2.24) is 20.4 Å². The molecule has 2 heterocycles. The molecule has 110 valence electrons. The minimum atomic E-state index is -0.307. The fourth-order valence-electron chi connectivity index (χ4n) is 1.57. The van der Waals surface area contributed by atoms with Crippen LogP contribution in [0.1, 0.15) is 23.7 Å². The summed E-state index contributed by atoms with van der Waals surface area (Å²) in [6.45, 7) is 2.79. The lowest BCUT2D eigenvalue weighted by Crippen LogP contribution is -2.30. The Labute approximate surface area is 122 Å². The highest BCUT2D eigenvalue weighted by Gasteiger charge is 2.09. The van der Waals surface area contributed by atoms with Crippen LogP contribution in [0.4, 0.5) is 17.3 Å². The van der Waals surface area contributed by atoms with Crippen molar-refractivity contribution in [1.29, 1.82) is 0 Å². The molecule has 1 amide bonds. The van der Waals surface area contributed by atoms with Crippen LogP contribution < -0.4 is 21.9 Å². The Hall–Kier alpha value is -2.90. The molecule has 0 fully saturated rings. The molecule has 2 aromatic heterocycles. The summed E-state index contributed by atoms with van der Waals surface area (Å²) in [4.78, 5) is 23.8.